The summed E-state index contributed by atoms with van der Waals surface area (Å²) in [6, 6.07) is 7.83. The maximum atomic E-state index is 12.7. The summed E-state index contributed by atoms with van der Waals surface area (Å²) in [6.07, 6.45) is -0.234. The third-order valence-electron chi connectivity index (χ3n) is 4.43. The number of anilines is 1. The molecular formula is C21H20N6O5S. The van der Waals surface area contributed by atoms with Crippen molar-refractivity contribution in [3.8, 4) is 17.5 Å². The van der Waals surface area contributed by atoms with Crippen molar-refractivity contribution in [2.24, 2.45) is 0 Å². The van der Waals surface area contributed by atoms with Crippen molar-refractivity contribution in [2.45, 2.75) is 32.7 Å². The Morgan fingerprint density at radius 2 is 2.06 bits per heavy atom. The van der Waals surface area contributed by atoms with Crippen LogP contribution in [0.1, 0.15) is 44.5 Å². The van der Waals surface area contributed by atoms with Crippen LogP contribution in [0, 0.1) is 25.2 Å². The quantitative estimate of drug-likeness (QED) is 0.474. The summed E-state index contributed by atoms with van der Waals surface area (Å²) >= 11 is 0.983. The second-order valence-electron chi connectivity index (χ2n) is 6.93. The molecule has 170 valence electrons. The molecule has 0 radical (unpaired) electrons. The van der Waals surface area contributed by atoms with Gasteiger partial charge in [-0.25, -0.2) is 9.78 Å². The SMILES string of the molecule is COC(=O)c1sc(NC(=O)CC(CC#N)NC(=O)c2cccc(-c3noc(C)n3)c2)nc1C. The van der Waals surface area contributed by atoms with Crippen molar-refractivity contribution in [2.75, 3.05) is 12.4 Å². The van der Waals surface area contributed by atoms with Gasteiger partial charge in [0.1, 0.15) is 4.88 Å². The Morgan fingerprint density at radius 3 is 2.73 bits per heavy atom. The number of carbonyl (C=O) groups excluding carboxylic acids is 3. The lowest BCUT2D eigenvalue weighted by atomic mass is 10.1. The van der Waals surface area contributed by atoms with Crippen molar-refractivity contribution in [3.05, 3.63) is 46.3 Å². The van der Waals surface area contributed by atoms with Crippen molar-refractivity contribution in [3.63, 3.8) is 0 Å². The van der Waals surface area contributed by atoms with Gasteiger partial charge < -0.3 is 19.9 Å². The number of aryl methyl sites for hydroxylation is 2. The van der Waals surface area contributed by atoms with Gasteiger partial charge in [0, 0.05) is 24.5 Å². The second-order valence-corrected chi connectivity index (χ2v) is 7.93. The molecule has 0 fully saturated rings. The van der Waals surface area contributed by atoms with Crippen LogP contribution in [-0.2, 0) is 9.53 Å². The van der Waals surface area contributed by atoms with E-state index in [0.717, 1.165) is 11.3 Å². The summed E-state index contributed by atoms with van der Waals surface area (Å²) in [5.41, 5.74) is 1.34. The molecule has 0 aliphatic rings. The van der Waals surface area contributed by atoms with E-state index in [-0.39, 0.29) is 22.9 Å². The van der Waals surface area contributed by atoms with Gasteiger partial charge in [0.15, 0.2) is 5.13 Å². The van der Waals surface area contributed by atoms with Crippen LogP contribution >= 0.6 is 11.3 Å². The molecule has 1 unspecified atom stereocenters. The number of hydrogen-bond donors (Lipinski definition) is 2. The summed E-state index contributed by atoms with van der Waals surface area (Å²) in [7, 11) is 1.26. The van der Waals surface area contributed by atoms with Crippen LogP contribution in [0.5, 0.6) is 0 Å². The van der Waals surface area contributed by atoms with Gasteiger partial charge in [-0.1, -0.05) is 28.6 Å². The summed E-state index contributed by atoms with van der Waals surface area (Å²) in [5, 5.41) is 18.5. The Bertz CT molecular complexity index is 1230. The molecule has 3 aromatic rings. The van der Waals surface area contributed by atoms with Crippen LogP contribution in [0.15, 0.2) is 28.8 Å². The number of rotatable bonds is 8. The van der Waals surface area contributed by atoms with Crippen LogP contribution in [0.2, 0.25) is 0 Å². The Morgan fingerprint density at radius 1 is 1.27 bits per heavy atom. The fourth-order valence-electron chi connectivity index (χ4n) is 2.90. The molecule has 11 nitrogen and oxygen atoms in total. The maximum Gasteiger partial charge on any atom is 0.350 e. The third kappa shape index (κ3) is 5.98. The van der Waals surface area contributed by atoms with Gasteiger partial charge in [-0.2, -0.15) is 10.2 Å². The van der Waals surface area contributed by atoms with Crippen molar-refractivity contribution >= 4 is 34.3 Å². The van der Waals surface area contributed by atoms with E-state index in [2.05, 4.69) is 30.5 Å². The standard InChI is InChI=1S/C21H20N6O5S/c1-11-17(20(30)31-3)33-21(23-11)26-16(28)10-15(7-8-22)25-19(29)14-6-4-5-13(9-14)18-24-12(2)32-27-18/h4-6,9,15H,7,10H2,1-3H3,(H,25,29)(H,23,26,28). The number of esters is 1. The summed E-state index contributed by atoms with van der Waals surface area (Å²) in [5.74, 6) is -0.715. The van der Waals surface area contributed by atoms with Crippen LogP contribution < -0.4 is 10.6 Å². The normalized spacial score (nSPS) is 11.3. The van der Waals surface area contributed by atoms with E-state index in [4.69, 9.17) is 9.78 Å². The summed E-state index contributed by atoms with van der Waals surface area (Å²) < 4.78 is 9.64. The summed E-state index contributed by atoms with van der Waals surface area (Å²) in [4.78, 5) is 45.5. The van der Waals surface area contributed by atoms with Gasteiger partial charge in [-0.3, -0.25) is 9.59 Å². The highest BCUT2D eigenvalue weighted by molar-refractivity contribution is 7.17. The minimum atomic E-state index is -0.736. The lowest BCUT2D eigenvalue weighted by molar-refractivity contribution is -0.116. The Balaban J connectivity index is 1.66. The number of nitrogens with one attached hydrogen (secondary N) is 2. The molecule has 0 saturated carbocycles. The van der Waals surface area contributed by atoms with E-state index >= 15 is 0 Å². The molecule has 0 aliphatic heterocycles. The highest BCUT2D eigenvalue weighted by atomic mass is 32.1. The fraction of sp³-hybridized carbons (Fsp3) is 0.286. The van der Waals surface area contributed by atoms with Gasteiger partial charge >= 0.3 is 5.97 Å². The van der Waals surface area contributed by atoms with E-state index in [9.17, 15) is 14.4 Å². The van der Waals surface area contributed by atoms with Gasteiger partial charge in [0.05, 0.1) is 31.3 Å². The lowest BCUT2D eigenvalue weighted by Crippen LogP contribution is -2.37. The monoisotopic (exact) mass is 468 g/mol. The molecule has 0 saturated heterocycles. The average Bonchev–Trinajstić information content (AvgIpc) is 3.38. The zero-order valence-electron chi connectivity index (χ0n) is 18.0. The molecule has 2 amide bonds. The number of thiazole rings is 1. The first-order chi connectivity index (χ1) is 15.8. The average molecular weight is 468 g/mol. The molecule has 3 rings (SSSR count). The first-order valence-corrected chi connectivity index (χ1v) is 10.6. The molecule has 1 aromatic carbocycles. The second kappa shape index (κ2) is 10.5. The first kappa shape index (κ1) is 23.6. The Labute approximate surface area is 192 Å². The predicted molar refractivity (Wildman–Crippen MR) is 117 cm³/mol. The molecule has 2 heterocycles. The zero-order valence-corrected chi connectivity index (χ0v) is 18.9. The lowest BCUT2D eigenvalue weighted by Gasteiger charge is -2.15. The zero-order chi connectivity index (χ0) is 24.0. The predicted octanol–water partition coefficient (Wildman–Crippen LogP) is 2.64. The molecule has 2 aromatic heterocycles. The third-order valence-corrected chi connectivity index (χ3v) is 5.48. The van der Waals surface area contributed by atoms with E-state index in [1.165, 1.54) is 7.11 Å². The van der Waals surface area contributed by atoms with E-state index in [1.54, 1.807) is 38.1 Å². The fourth-order valence-corrected chi connectivity index (χ4v) is 3.80. The topological polar surface area (TPSA) is 160 Å². The molecule has 1 atom stereocenters. The number of benzene rings is 1. The molecule has 33 heavy (non-hydrogen) atoms. The number of ether oxygens (including phenoxy) is 1. The van der Waals surface area contributed by atoms with E-state index in [0.29, 0.717) is 28.5 Å². The molecular weight excluding hydrogens is 448 g/mol. The minimum Gasteiger partial charge on any atom is -0.465 e. The van der Waals surface area contributed by atoms with Crippen molar-refractivity contribution in [1.29, 1.82) is 5.26 Å². The highest BCUT2D eigenvalue weighted by Gasteiger charge is 2.21. The Kier molecular flexibility index (Phi) is 7.47. The molecule has 12 heteroatoms. The first-order valence-electron chi connectivity index (χ1n) is 9.74. The highest BCUT2D eigenvalue weighted by Crippen LogP contribution is 2.23. The largest absolute Gasteiger partial charge is 0.465 e. The molecule has 0 bridgehead atoms. The van der Waals surface area contributed by atoms with Crippen LogP contribution in [0.3, 0.4) is 0 Å². The number of carbonyl (C=O) groups is 3. The van der Waals surface area contributed by atoms with E-state index < -0.39 is 23.8 Å². The number of amides is 2. The number of aromatic nitrogens is 3. The molecule has 0 aliphatic carbocycles. The molecule has 2 N–H and O–H groups in total. The minimum absolute atomic E-state index is 0.0762. The van der Waals surface area contributed by atoms with Crippen LogP contribution in [-0.4, -0.2) is 46.1 Å². The van der Waals surface area contributed by atoms with Gasteiger partial charge in [-0.05, 0) is 19.1 Å². The van der Waals surface area contributed by atoms with E-state index in [1.807, 2.05) is 6.07 Å². The van der Waals surface area contributed by atoms with Gasteiger partial charge in [0.2, 0.25) is 17.6 Å². The molecule has 0 spiro atoms. The van der Waals surface area contributed by atoms with Crippen molar-refractivity contribution < 1.29 is 23.6 Å². The number of methoxy groups -OCH3 is 1. The summed E-state index contributed by atoms with van der Waals surface area (Å²) in [6.45, 7) is 3.29. The maximum absolute atomic E-state index is 12.7. The van der Waals surface area contributed by atoms with Crippen LogP contribution in [0.4, 0.5) is 5.13 Å². The van der Waals surface area contributed by atoms with Crippen molar-refractivity contribution in [1.82, 2.24) is 20.4 Å². The van der Waals surface area contributed by atoms with Gasteiger partial charge in [0.25, 0.3) is 5.91 Å². The number of hydrogen-bond acceptors (Lipinski definition) is 10. The smallest absolute Gasteiger partial charge is 0.350 e. The number of nitrogens with zero attached hydrogens (tertiary/aromatic N) is 4. The van der Waals surface area contributed by atoms with Crippen LogP contribution in [0.25, 0.3) is 11.4 Å². The number of nitriles is 1. The Hall–Kier alpha value is -4.11. The van der Waals surface area contributed by atoms with Gasteiger partial charge in [-0.15, -0.1) is 0 Å².